The fraction of sp³-hybridized carbons (Fsp3) is 0.481. The van der Waals surface area contributed by atoms with Gasteiger partial charge in [0.1, 0.15) is 0 Å². The fourth-order valence-corrected chi connectivity index (χ4v) is 4.08. The third-order valence-electron chi connectivity index (χ3n) is 5.70. The number of ether oxygens (including phenoxy) is 1. The van der Waals surface area contributed by atoms with Gasteiger partial charge in [0.15, 0.2) is 0 Å². The number of rotatable bonds is 8. The first-order valence-electron chi connectivity index (χ1n) is 11.7. The molecule has 1 aliphatic rings. The van der Waals surface area contributed by atoms with Crippen LogP contribution in [0.15, 0.2) is 48.5 Å². The van der Waals surface area contributed by atoms with Gasteiger partial charge in [-0.05, 0) is 54.2 Å². The Kier molecular flexibility index (Phi) is 8.14. The summed E-state index contributed by atoms with van der Waals surface area (Å²) < 4.78 is 5.84. The first-order valence-corrected chi connectivity index (χ1v) is 11.7. The number of benzene rings is 2. The predicted molar refractivity (Wildman–Crippen MR) is 134 cm³/mol. The molecule has 178 valence electrons. The normalized spacial score (nSPS) is 15.8. The SMILES string of the molecule is CN(C)c1ccc(NC(=O)c2ccccc2)cc1CN(CC1CCCO1)C(=O)CC(C)(C)C. The van der Waals surface area contributed by atoms with Crippen molar-refractivity contribution < 1.29 is 14.3 Å². The summed E-state index contributed by atoms with van der Waals surface area (Å²) in [6.07, 6.45) is 2.57. The van der Waals surface area contributed by atoms with E-state index in [9.17, 15) is 9.59 Å². The maximum atomic E-state index is 13.3. The van der Waals surface area contributed by atoms with Gasteiger partial charge in [-0.2, -0.15) is 0 Å². The Hall–Kier alpha value is -2.86. The monoisotopic (exact) mass is 451 g/mol. The quantitative estimate of drug-likeness (QED) is 0.617. The Morgan fingerprint density at radius 1 is 1.09 bits per heavy atom. The van der Waals surface area contributed by atoms with Crippen molar-refractivity contribution in [2.24, 2.45) is 5.41 Å². The summed E-state index contributed by atoms with van der Waals surface area (Å²) in [6.45, 7) is 8.07. The minimum Gasteiger partial charge on any atom is -0.377 e. The second-order valence-electron chi connectivity index (χ2n) is 10.2. The molecule has 0 bridgehead atoms. The molecule has 0 spiro atoms. The van der Waals surface area contributed by atoms with E-state index in [0.717, 1.165) is 30.7 Å². The Morgan fingerprint density at radius 2 is 1.82 bits per heavy atom. The van der Waals surface area contributed by atoms with Crippen LogP contribution in [-0.4, -0.2) is 50.1 Å². The number of nitrogens with zero attached hydrogens (tertiary/aromatic N) is 2. The number of amides is 2. The molecule has 0 radical (unpaired) electrons. The summed E-state index contributed by atoms with van der Waals surface area (Å²) in [5.41, 5.74) is 3.24. The van der Waals surface area contributed by atoms with Crippen LogP contribution in [0.5, 0.6) is 0 Å². The van der Waals surface area contributed by atoms with E-state index in [4.69, 9.17) is 4.74 Å². The molecule has 1 fully saturated rings. The predicted octanol–water partition coefficient (Wildman–Crippen LogP) is 4.95. The van der Waals surface area contributed by atoms with E-state index < -0.39 is 0 Å². The van der Waals surface area contributed by atoms with Crippen LogP contribution in [0.4, 0.5) is 11.4 Å². The van der Waals surface area contributed by atoms with Gasteiger partial charge in [0.05, 0.1) is 6.10 Å². The van der Waals surface area contributed by atoms with Gasteiger partial charge in [-0.3, -0.25) is 9.59 Å². The topological polar surface area (TPSA) is 61.9 Å². The summed E-state index contributed by atoms with van der Waals surface area (Å²) in [5, 5.41) is 2.99. The summed E-state index contributed by atoms with van der Waals surface area (Å²) >= 11 is 0. The maximum absolute atomic E-state index is 13.3. The molecule has 0 saturated carbocycles. The van der Waals surface area contributed by atoms with E-state index in [0.29, 0.717) is 30.8 Å². The third-order valence-corrected chi connectivity index (χ3v) is 5.70. The molecule has 2 aromatic carbocycles. The second kappa shape index (κ2) is 10.8. The van der Waals surface area contributed by atoms with Crippen LogP contribution in [-0.2, 0) is 16.1 Å². The van der Waals surface area contributed by atoms with Crippen LogP contribution in [0.2, 0.25) is 0 Å². The van der Waals surface area contributed by atoms with E-state index in [1.165, 1.54) is 0 Å². The van der Waals surface area contributed by atoms with Gasteiger partial charge in [-0.25, -0.2) is 0 Å². The molecule has 1 N–H and O–H groups in total. The zero-order valence-electron chi connectivity index (χ0n) is 20.6. The van der Waals surface area contributed by atoms with Crippen LogP contribution in [0.3, 0.4) is 0 Å². The minimum atomic E-state index is -0.154. The van der Waals surface area contributed by atoms with Crippen molar-refractivity contribution in [2.75, 3.05) is 37.5 Å². The van der Waals surface area contributed by atoms with Crippen molar-refractivity contribution >= 4 is 23.2 Å². The molecule has 2 amide bonds. The molecule has 6 heteroatoms. The molecular weight excluding hydrogens is 414 g/mol. The third kappa shape index (κ3) is 7.32. The highest BCUT2D eigenvalue weighted by Crippen LogP contribution is 2.28. The van der Waals surface area contributed by atoms with Crippen molar-refractivity contribution in [3.8, 4) is 0 Å². The lowest BCUT2D eigenvalue weighted by Gasteiger charge is -2.30. The summed E-state index contributed by atoms with van der Waals surface area (Å²) in [5.74, 6) is -0.0272. The molecule has 1 aliphatic heterocycles. The van der Waals surface area contributed by atoms with E-state index in [-0.39, 0.29) is 23.3 Å². The number of carbonyl (C=O) groups excluding carboxylic acids is 2. The molecular formula is C27H37N3O3. The first-order chi connectivity index (χ1) is 15.6. The van der Waals surface area contributed by atoms with Crippen molar-refractivity contribution in [3.63, 3.8) is 0 Å². The van der Waals surface area contributed by atoms with E-state index in [1.807, 2.05) is 60.3 Å². The van der Waals surface area contributed by atoms with Crippen molar-refractivity contribution in [1.82, 2.24) is 4.90 Å². The standard InChI is InChI=1S/C27H37N3O3/c1-27(2,3)17-25(31)30(19-23-12-9-15-33-23)18-21-16-22(13-14-24(21)29(4)5)28-26(32)20-10-7-6-8-11-20/h6-8,10-11,13-14,16,23H,9,12,15,17-19H2,1-5H3,(H,28,32). The highest BCUT2D eigenvalue weighted by Gasteiger charge is 2.26. The smallest absolute Gasteiger partial charge is 0.255 e. The molecule has 0 aromatic heterocycles. The van der Waals surface area contributed by atoms with Gasteiger partial charge in [-0.15, -0.1) is 0 Å². The number of hydrogen-bond acceptors (Lipinski definition) is 4. The van der Waals surface area contributed by atoms with Gasteiger partial charge >= 0.3 is 0 Å². The zero-order valence-corrected chi connectivity index (χ0v) is 20.6. The highest BCUT2D eigenvalue weighted by molar-refractivity contribution is 6.04. The zero-order chi connectivity index (χ0) is 24.0. The van der Waals surface area contributed by atoms with Crippen molar-refractivity contribution in [1.29, 1.82) is 0 Å². The molecule has 1 saturated heterocycles. The molecule has 1 heterocycles. The Bertz CT molecular complexity index is 945. The van der Waals surface area contributed by atoms with Crippen LogP contribution >= 0.6 is 0 Å². The van der Waals surface area contributed by atoms with Crippen molar-refractivity contribution in [2.45, 2.75) is 52.7 Å². The maximum Gasteiger partial charge on any atom is 0.255 e. The number of carbonyl (C=O) groups is 2. The number of nitrogens with one attached hydrogen (secondary N) is 1. The molecule has 33 heavy (non-hydrogen) atoms. The molecule has 0 aliphatic carbocycles. The van der Waals surface area contributed by atoms with Crippen LogP contribution in [0.1, 0.15) is 56.0 Å². The molecule has 6 nitrogen and oxygen atoms in total. The van der Waals surface area contributed by atoms with Crippen molar-refractivity contribution in [3.05, 3.63) is 59.7 Å². The largest absolute Gasteiger partial charge is 0.377 e. The van der Waals surface area contributed by atoms with Crippen LogP contribution < -0.4 is 10.2 Å². The Balaban J connectivity index is 1.85. The summed E-state index contributed by atoms with van der Waals surface area (Å²) in [7, 11) is 3.98. The molecule has 3 rings (SSSR count). The molecule has 1 atom stereocenters. The lowest BCUT2D eigenvalue weighted by molar-refractivity contribution is -0.135. The number of anilines is 2. The first kappa shape index (κ1) is 24.8. The highest BCUT2D eigenvalue weighted by atomic mass is 16.5. The Labute approximate surface area is 197 Å². The van der Waals surface area contributed by atoms with Crippen LogP contribution in [0, 0.1) is 5.41 Å². The van der Waals surface area contributed by atoms with Gasteiger partial charge in [-0.1, -0.05) is 39.0 Å². The summed E-state index contributed by atoms with van der Waals surface area (Å²) in [6, 6.07) is 15.0. The minimum absolute atomic E-state index is 0.0812. The van der Waals surface area contributed by atoms with E-state index in [2.05, 4.69) is 26.1 Å². The lowest BCUT2D eigenvalue weighted by Crippen LogP contribution is -2.38. The van der Waals surface area contributed by atoms with E-state index in [1.54, 1.807) is 12.1 Å². The van der Waals surface area contributed by atoms with Crippen LogP contribution in [0.25, 0.3) is 0 Å². The van der Waals surface area contributed by atoms with Gasteiger partial charge in [0.25, 0.3) is 5.91 Å². The fourth-order valence-electron chi connectivity index (χ4n) is 4.08. The second-order valence-corrected chi connectivity index (χ2v) is 10.2. The van der Waals surface area contributed by atoms with Gasteiger partial charge in [0, 0.05) is 57.2 Å². The Morgan fingerprint density at radius 3 is 2.42 bits per heavy atom. The van der Waals surface area contributed by atoms with Gasteiger partial charge < -0.3 is 19.9 Å². The number of hydrogen-bond donors (Lipinski definition) is 1. The van der Waals surface area contributed by atoms with Gasteiger partial charge in [0.2, 0.25) is 5.91 Å². The average molecular weight is 452 g/mol. The molecule has 1 unspecified atom stereocenters. The summed E-state index contributed by atoms with van der Waals surface area (Å²) in [4.78, 5) is 29.9. The molecule has 2 aromatic rings. The average Bonchev–Trinajstić information content (AvgIpc) is 3.26. The van der Waals surface area contributed by atoms with E-state index >= 15 is 0 Å². The lowest BCUT2D eigenvalue weighted by atomic mass is 9.91.